The minimum absolute atomic E-state index is 0.0172. The van der Waals surface area contributed by atoms with Crippen molar-refractivity contribution in [3.63, 3.8) is 0 Å². The average molecular weight is 394 g/mol. The van der Waals surface area contributed by atoms with Crippen LogP contribution in [0.1, 0.15) is 44.7 Å². The number of hydrogen-bond donors (Lipinski definition) is 1. The van der Waals surface area contributed by atoms with E-state index in [0.717, 1.165) is 11.1 Å². The Kier molecular flexibility index (Phi) is 6.32. The number of nitrogens with one attached hydrogen (secondary N) is 1. The zero-order valence-electron chi connectivity index (χ0n) is 17.0. The molecule has 0 spiro atoms. The van der Waals surface area contributed by atoms with Crippen LogP contribution in [0.3, 0.4) is 0 Å². The van der Waals surface area contributed by atoms with E-state index in [1.54, 1.807) is 18.2 Å². The molecule has 2 amide bonds. The number of carbonyl (C=O) groups excluding carboxylic acids is 3. The third-order valence-electron chi connectivity index (χ3n) is 5.44. The monoisotopic (exact) mass is 394 g/mol. The Morgan fingerprint density at radius 2 is 1.69 bits per heavy atom. The predicted molar refractivity (Wildman–Crippen MR) is 111 cm³/mol. The molecule has 1 fully saturated rings. The normalized spacial score (nSPS) is 14.4. The molecule has 2 aromatic carbocycles. The lowest BCUT2D eigenvalue weighted by atomic mass is 9.94. The topological polar surface area (TPSA) is 75.7 Å². The lowest BCUT2D eigenvalue weighted by Crippen LogP contribution is -2.41. The van der Waals surface area contributed by atoms with E-state index in [1.165, 1.54) is 7.11 Å². The molecule has 0 aromatic heterocycles. The van der Waals surface area contributed by atoms with Gasteiger partial charge in [-0.05, 0) is 56.0 Å². The van der Waals surface area contributed by atoms with Gasteiger partial charge in [0, 0.05) is 30.3 Å². The third-order valence-corrected chi connectivity index (χ3v) is 5.44. The van der Waals surface area contributed by atoms with Crippen molar-refractivity contribution in [2.75, 3.05) is 25.5 Å². The average Bonchev–Trinajstić information content (AvgIpc) is 2.74. The van der Waals surface area contributed by atoms with Crippen LogP contribution in [0.25, 0.3) is 0 Å². The van der Waals surface area contributed by atoms with Gasteiger partial charge >= 0.3 is 5.97 Å². The molecule has 152 valence electrons. The number of anilines is 1. The molecular formula is C23H26N2O4. The summed E-state index contributed by atoms with van der Waals surface area (Å²) in [5.74, 6) is -0.678. The first-order chi connectivity index (χ1) is 13.9. The summed E-state index contributed by atoms with van der Waals surface area (Å²) in [5.41, 5.74) is 3.55. The van der Waals surface area contributed by atoms with Gasteiger partial charge in [0.1, 0.15) is 0 Å². The van der Waals surface area contributed by atoms with Crippen molar-refractivity contribution in [2.24, 2.45) is 5.92 Å². The van der Waals surface area contributed by atoms with Gasteiger partial charge < -0.3 is 15.0 Å². The van der Waals surface area contributed by atoms with Crippen LogP contribution in [-0.2, 0) is 9.53 Å². The highest BCUT2D eigenvalue weighted by atomic mass is 16.5. The van der Waals surface area contributed by atoms with Crippen molar-refractivity contribution in [3.05, 3.63) is 64.7 Å². The Bertz CT molecular complexity index is 930. The highest BCUT2D eigenvalue weighted by Gasteiger charge is 2.28. The van der Waals surface area contributed by atoms with E-state index in [0.29, 0.717) is 42.7 Å². The number of amides is 2. The van der Waals surface area contributed by atoms with Gasteiger partial charge in [0.15, 0.2) is 0 Å². The number of hydrogen-bond acceptors (Lipinski definition) is 4. The Balaban J connectivity index is 1.61. The lowest BCUT2D eigenvalue weighted by Gasteiger charge is -2.31. The van der Waals surface area contributed by atoms with Crippen LogP contribution < -0.4 is 5.32 Å². The molecule has 1 saturated heterocycles. The molecule has 1 aliphatic rings. The van der Waals surface area contributed by atoms with Crippen molar-refractivity contribution in [3.8, 4) is 0 Å². The maximum absolute atomic E-state index is 12.7. The molecule has 0 unspecified atom stereocenters. The van der Waals surface area contributed by atoms with E-state index in [4.69, 9.17) is 4.74 Å². The molecule has 1 heterocycles. The zero-order chi connectivity index (χ0) is 21.0. The van der Waals surface area contributed by atoms with E-state index in [2.05, 4.69) is 5.32 Å². The number of ether oxygens (including phenoxy) is 1. The Morgan fingerprint density at radius 3 is 2.34 bits per heavy atom. The second-order valence-electron chi connectivity index (χ2n) is 7.39. The smallest absolute Gasteiger partial charge is 0.337 e. The van der Waals surface area contributed by atoms with Gasteiger partial charge in [-0.25, -0.2) is 4.79 Å². The van der Waals surface area contributed by atoms with Gasteiger partial charge in [0.2, 0.25) is 5.91 Å². The Labute approximate surface area is 170 Å². The standard InChI is InChI=1S/C23H26N2O4/c1-15-6-4-5-7-19(15)22(27)25-12-10-17(11-13-25)21(26)24-20-14-18(23(28)29-3)9-8-16(20)2/h4-9,14,17H,10-13H2,1-3H3,(H,24,26). The summed E-state index contributed by atoms with van der Waals surface area (Å²) in [6.45, 7) is 4.90. The van der Waals surface area contributed by atoms with Gasteiger partial charge in [-0.15, -0.1) is 0 Å². The van der Waals surface area contributed by atoms with Crippen LogP contribution >= 0.6 is 0 Å². The van der Waals surface area contributed by atoms with Crippen molar-refractivity contribution in [1.82, 2.24) is 4.90 Å². The van der Waals surface area contributed by atoms with Crippen LogP contribution in [-0.4, -0.2) is 42.9 Å². The van der Waals surface area contributed by atoms with Crippen molar-refractivity contribution >= 4 is 23.5 Å². The minimum atomic E-state index is -0.441. The number of rotatable bonds is 4. The maximum atomic E-state index is 12.7. The number of likely N-dealkylation sites (tertiary alicyclic amines) is 1. The summed E-state index contributed by atoms with van der Waals surface area (Å²) in [5, 5.41) is 2.93. The fourth-order valence-corrected chi connectivity index (χ4v) is 3.56. The first kappa shape index (κ1) is 20.6. The number of nitrogens with zero attached hydrogens (tertiary/aromatic N) is 1. The van der Waals surface area contributed by atoms with Crippen LogP contribution in [0, 0.1) is 19.8 Å². The second kappa shape index (κ2) is 8.90. The highest BCUT2D eigenvalue weighted by molar-refractivity contribution is 5.97. The van der Waals surface area contributed by atoms with Crippen LogP contribution in [0.4, 0.5) is 5.69 Å². The third kappa shape index (κ3) is 4.65. The molecule has 0 bridgehead atoms. The SMILES string of the molecule is COC(=O)c1ccc(C)c(NC(=O)C2CCN(C(=O)c3ccccc3C)CC2)c1. The van der Waals surface area contributed by atoms with Crippen LogP contribution in [0.15, 0.2) is 42.5 Å². The molecule has 3 rings (SSSR count). The van der Waals surface area contributed by atoms with E-state index < -0.39 is 5.97 Å². The molecular weight excluding hydrogens is 368 g/mol. The molecule has 29 heavy (non-hydrogen) atoms. The van der Waals surface area contributed by atoms with Gasteiger partial charge in [-0.3, -0.25) is 9.59 Å². The number of benzene rings is 2. The molecule has 0 saturated carbocycles. The number of piperidine rings is 1. The molecule has 1 aliphatic heterocycles. The number of esters is 1. The minimum Gasteiger partial charge on any atom is -0.465 e. The van der Waals surface area contributed by atoms with Crippen molar-refractivity contribution in [1.29, 1.82) is 0 Å². The molecule has 0 radical (unpaired) electrons. The summed E-state index contributed by atoms with van der Waals surface area (Å²) in [6.07, 6.45) is 1.22. The number of methoxy groups -OCH3 is 1. The van der Waals surface area contributed by atoms with E-state index in [-0.39, 0.29) is 17.7 Å². The lowest BCUT2D eigenvalue weighted by molar-refractivity contribution is -0.121. The predicted octanol–water partition coefficient (Wildman–Crippen LogP) is 3.58. The fraction of sp³-hybridized carbons (Fsp3) is 0.348. The van der Waals surface area contributed by atoms with E-state index in [9.17, 15) is 14.4 Å². The molecule has 6 nitrogen and oxygen atoms in total. The maximum Gasteiger partial charge on any atom is 0.337 e. The van der Waals surface area contributed by atoms with Crippen molar-refractivity contribution < 1.29 is 19.1 Å². The molecule has 0 atom stereocenters. The largest absolute Gasteiger partial charge is 0.465 e. The number of carbonyl (C=O) groups is 3. The van der Waals surface area contributed by atoms with Crippen molar-refractivity contribution in [2.45, 2.75) is 26.7 Å². The van der Waals surface area contributed by atoms with Gasteiger partial charge in [-0.2, -0.15) is 0 Å². The summed E-state index contributed by atoms with van der Waals surface area (Å²) >= 11 is 0. The van der Waals surface area contributed by atoms with E-state index in [1.807, 2.05) is 43.0 Å². The first-order valence-corrected chi connectivity index (χ1v) is 9.75. The second-order valence-corrected chi connectivity index (χ2v) is 7.39. The van der Waals surface area contributed by atoms with Gasteiger partial charge in [-0.1, -0.05) is 24.3 Å². The molecule has 2 aromatic rings. The highest BCUT2D eigenvalue weighted by Crippen LogP contribution is 2.24. The summed E-state index contributed by atoms with van der Waals surface area (Å²) < 4.78 is 4.74. The fourth-order valence-electron chi connectivity index (χ4n) is 3.56. The van der Waals surface area contributed by atoms with Gasteiger partial charge in [0.25, 0.3) is 5.91 Å². The van der Waals surface area contributed by atoms with Crippen LogP contribution in [0.2, 0.25) is 0 Å². The summed E-state index contributed by atoms with van der Waals surface area (Å²) in [7, 11) is 1.33. The van der Waals surface area contributed by atoms with Gasteiger partial charge in [0.05, 0.1) is 12.7 Å². The Morgan fingerprint density at radius 1 is 1.00 bits per heavy atom. The first-order valence-electron chi connectivity index (χ1n) is 9.75. The number of aryl methyl sites for hydroxylation is 2. The molecule has 6 heteroatoms. The molecule has 0 aliphatic carbocycles. The quantitative estimate of drug-likeness (QED) is 0.805. The zero-order valence-corrected chi connectivity index (χ0v) is 17.0. The van der Waals surface area contributed by atoms with E-state index >= 15 is 0 Å². The summed E-state index contributed by atoms with van der Waals surface area (Å²) in [6, 6.07) is 12.6. The van der Waals surface area contributed by atoms with Crippen LogP contribution in [0.5, 0.6) is 0 Å². The Hall–Kier alpha value is -3.15. The molecule has 1 N–H and O–H groups in total. The summed E-state index contributed by atoms with van der Waals surface area (Å²) in [4.78, 5) is 39.0.